The van der Waals surface area contributed by atoms with Crippen LogP contribution in [0.15, 0.2) is 42.7 Å². The normalized spacial score (nSPS) is 12.1. The highest BCUT2D eigenvalue weighted by molar-refractivity contribution is 5.38. The fourth-order valence-corrected chi connectivity index (χ4v) is 1.99. The summed E-state index contributed by atoms with van der Waals surface area (Å²) >= 11 is 0. The van der Waals surface area contributed by atoms with Gasteiger partial charge in [0.2, 0.25) is 0 Å². The van der Waals surface area contributed by atoms with E-state index in [-0.39, 0.29) is 6.04 Å². The van der Waals surface area contributed by atoms with Crippen molar-refractivity contribution in [2.24, 2.45) is 0 Å². The monoisotopic (exact) mass is 257 g/mol. The summed E-state index contributed by atoms with van der Waals surface area (Å²) in [5.41, 5.74) is 1.06. The number of methoxy groups -OCH3 is 1. The van der Waals surface area contributed by atoms with Crippen molar-refractivity contribution < 1.29 is 4.74 Å². The molecule has 0 fully saturated rings. The van der Waals surface area contributed by atoms with E-state index in [2.05, 4.69) is 22.2 Å². The second-order valence-corrected chi connectivity index (χ2v) is 4.24. The van der Waals surface area contributed by atoms with Crippen LogP contribution >= 0.6 is 0 Å². The molecule has 19 heavy (non-hydrogen) atoms. The Morgan fingerprint density at radius 2 is 1.89 bits per heavy atom. The Kier molecular flexibility index (Phi) is 4.86. The molecule has 4 nitrogen and oxygen atoms in total. The predicted octanol–water partition coefficient (Wildman–Crippen LogP) is 2.57. The zero-order valence-electron chi connectivity index (χ0n) is 11.3. The van der Waals surface area contributed by atoms with Crippen molar-refractivity contribution in [1.29, 1.82) is 0 Å². The third kappa shape index (κ3) is 3.29. The van der Waals surface area contributed by atoms with Gasteiger partial charge in [0, 0.05) is 18.0 Å². The summed E-state index contributed by atoms with van der Waals surface area (Å²) < 4.78 is 5.43. The molecule has 1 N–H and O–H groups in total. The van der Waals surface area contributed by atoms with Crippen molar-refractivity contribution in [3.63, 3.8) is 0 Å². The Hall–Kier alpha value is -1.94. The van der Waals surface area contributed by atoms with Crippen LogP contribution in [-0.4, -0.2) is 23.6 Å². The number of hydrogen-bond donors (Lipinski definition) is 1. The van der Waals surface area contributed by atoms with Gasteiger partial charge in [0.15, 0.2) is 0 Å². The lowest BCUT2D eigenvalue weighted by Gasteiger charge is -2.19. The zero-order valence-corrected chi connectivity index (χ0v) is 11.3. The molecular formula is C15H19N3O. The molecule has 1 aromatic carbocycles. The molecule has 100 valence electrons. The number of nitrogens with one attached hydrogen (secondary N) is 1. The van der Waals surface area contributed by atoms with Gasteiger partial charge in [-0.1, -0.05) is 25.1 Å². The van der Waals surface area contributed by atoms with Crippen molar-refractivity contribution in [3.05, 3.63) is 54.1 Å². The molecule has 4 heteroatoms. The van der Waals surface area contributed by atoms with Gasteiger partial charge in [-0.25, -0.2) is 9.97 Å². The highest BCUT2D eigenvalue weighted by Gasteiger charge is 2.19. The van der Waals surface area contributed by atoms with E-state index >= 15 is 0 Å². The molecule has 0 radical (unpaired) electrons. The molecule has 0 saturated carbocycles. The van der Waals surface area contributed by atoms with Crippen molar-refractivity contribution in [3.8, 4) is 5.75 Å². The molecule has 1 unspecified atom stereocenters. The number of para-hydroxylation sites is 1. The van der Waals surface area contributed by atoms with Gasteiger partial charge in [-0.05, 0) is 25.1 Å². The van der Waals surface area contributed by atoms with Crippen LogP contribution in [0.4, 0.5) is 0 Å². The average Bonchev–Trinajstić information content (AvgIpc) is 2.49. The summed E-state index contributed by atoms with van der Waals surface area (Å²) in [6, 6.07) is 9.74. The molecule has 2 rings (SSSR count). The Morgan fingerprint density at radius 3 is 2.58 bits per heavy atom. The van der Waals surface area contributed by atoms with Crippen LogP contribution in [0.2, 0.25) is 0 Å². The van der Waals surface area contributed by atoms with E-state index in [1.165, 1.54) is 0 Å². The Balaban J connectivity index is 2.37. The lowest BCUT2D eigenvalue weighted by Crippen LogP contribution is -2.25. The van der Waals surface area contributed by atoms with Crippen LogP contribution in [0.3, 0.4) is 0 Å². The quantitative estimate of drug-likeness (QED) is 0.864. The summed E-state index contributed by atoms with van der Waals surface area (Å²) in [4.78, 5) is 8.71. The molecule has 1 aromatic heterocycles. The minimum atomic E-state index is -0.0442. The largest absolute Gasteiger partial charge is 0.496 e. The maximum Gasteiger partial charge on any atom is 0.149 e. The molecule has 0 saturated heterocycles. The first-order chi connectivity index (χ1) is 9.36. The predicted molar refractivity (Wildman–Crippen MR) is 75.2 cm³/mol. The van der Waals surface area contributed by atoms with Gasteiger partial charge in [0.25, 0.3) is 0 Å². The topological polar surface area (TPSA) is 47.0 Å². The molecule has 0 amide bonds. The molecule has 0 aliphatic carbocycles. The maximum absolute atomic E-state index is 5.43. The van der Waals surface area contributed by atoms with Crippen LogP contribution in [0.5, 0.6) is 5.75 Å². The van der Waals surface area contributed by atoms with E-state index in [1.54, 1.807) is 19.5 Å². The van der Waals surface area contributed by atoms with Crippen LogP contribution in [0.1, 0.15) is 30.8 Å². The lowest BCUT2D eigenvalue weighted by atomic mass is 10.0. The SMILES string of the molecule is CCCNC(c1ncccn1)c1ccccc1OC. The molecule has 0 spiro atoms. The molecule has 0 aliphatic rings. The standard InChI is InChI=1S/C15H19N3O/c1-3-9-16-14(15-17-10-6-11-18-15)12-7-4-5-8-13(12)19-2/h4-8,10-11,14,16H,3,9H2,1-2H3. The third-order valence-corrected chi connectivity index (χ3v) is 2.89. The Bertz CT molecular complexity index is 502. The Morgan fingerprint density at radius 1 is 1.16 bits per heavy atom. The van der Waals surface area contributed by atoms with Crippen LogP contribution in [0.25, 0.3) is 0 Å². The van der Waals surface area contributed by atoms with Gasteiger partial charge in [0.05, 0.1) is 13.2 Å². The first-order valence-electron chi connectivity index (χ1n) is 6.50. The van der Waals surface area contributed by atoms with Crippen LogP contribution < -0.4 is 10.1 Å². The molecular weight excluding hydrogens is 238 g/mol. The van der Waals surface area contributed by atoms with Gasteiger partial charge in [-0.2, -0.15) is 0 Å². The fraction of sp³-hybridized carbons (Fsp3) is 0.333. The minimum absolute atomic E-state index is 0.0442. The lowest BCUT2D eigenvalue weighted by molar-refractivity contribution is 0.402. The van der Waals surface area contributed by atoms with Crippen molar-refractivity contribution in [2.45, 2.75) is 19.4 Å². The van der Waals surface area contributed by atoms with E-state index in [4.69, 9.17) is 4.74 Å². The number of ether oxygens (including phenoxy) is 1. The summed E-state index contributed by atoms with van der Waals surface area (Å²) in [5, 5.41) is 3.47. The van der Waals surface area contributed by atoms with E-state index < -0.39 is 0 Å². The van der Waals surface area contributed by atoms with Gasteiger partial charge in [-0.15, -0.1) is 0 Å². The minimum Gasteiger partial charge on any atom is -0.496 e. The number of nitrogens with zero attached hydrogens (tertiary/aromatic N) is 2. The smallest absolute Gasteiger partial charge is 0.149 e. The van der Waals surface area contributed by atoms with E-state index in [9.17, 15) is 0 Å². The zero-order chi connectivity index (χ0) is 13.5. The van der Waals surface area contributed by atoms with Gasteiger partial charge in [-0.3, -0.25) is 0 Å². The first-order valence-corrected chi connectivity index (χ1v) is 6.50. The van der Waals surface area contributed by atoms with Gasteiger partial charge in [0.1, 0.15) is 11.6 Å². The molecule has 2 aromatic rings. The highest BCUT2D eigenvalue weighted by atomic mass is 16.5. The molecule has 0 aliphatic heterocycles. The van der Waals surface area contributed by atoms with Gasteiger partial charge < -0.3 is 10.1 Å². The second kappa shape index (κ2) is 6.85. The number of aromatic nitrogens is 2. The fourth-order valence-electron chi connectivity index (χ4n) is 1.99. The van der Waals surface area contributed by atoms with Crippen molar-refractivity contribution in [2.75, 3.05) is 13.7 Å². The third-order valence-electron chi connectivity index (χ3n) is 2.89. The van der Waals surface area contributed by atoms with Gasteiger partial charge >= 0.3 is 0 Å². The van der Waals surface area contributed by atoms with E-state index in [0.717, 1.165) is 30.1 Å². The van der Waals surface area contributed by atoms with E-state index in [0.29, 0.717) is 0 Å². The number of benzene rings is 1. The highest BCUT2D eigenvalue weighted by Crippen LogP contribution is 2.27. The summed E-state index contributed by atoms with van der Waals surface area (Å²) in [6.45, 7) is 3.04. The second-order valence-electron chi connectivity index (χ2n) is 4.24. The van der Waals surface area contributed by atoms with Crippen molar-refractivity contribution in [1.82, 2.24) is 15.3 Å². The summed E-state index contributed by atoms with van der Waals surface area (Å²) in [5.74, 6) is 1.61. The van der Waals surface area contributed by atoms with Crippen LogP contribution in [-0.2, 0) is 0 Å². The van der Waals surface area contributed by atoms with Crippen LogP contribution in [0, 0.1) is 0 Å². The molecule has 1 heterocycles. The maximum atomic E-state index is 5.43. The van der Waals surface area contributed by atoms with Crippen molar-refractivity contribution >= 4 is 0 Å². The summed E-state index contributed by atoms with van der Waals surface area (Å²) in [7, 11) is 1.68. The molecule has 0 bridgehead atoms. The van der Waals surface area contributed by atoms with E-state index in [1.807, 2.05) is 30.3 Å². The molecule has 1 atom stereocenters. The number of hydrogen-bond acceptors (Lipinski definition) is 4. The average molecular weight is 257 g/mol. The Labute approximate surface area is 113 Å². The number of rotatable bonds is 6. The summed E-state index contributed by atoms with van der Waals surface area (Å²) in [6.07, 6.45) is 4.58. The first kappa shape index (κ1) is 13.5.